The number of nitrogens with one attached hydrogen (secondary N) is 1. The number of benzene rings is 1. The summed E-state index contributed by atoms with van der Waals surface area (Å²) in [4.78, 5) is 25.2. The van der Waals surface area contributed by atoms with Crippen LogP contribution in [0.4, 0.5) is 0 Å². The van der Waals surface area contributed by atoms with Crippen molar-refractivity contribution >= 4 is 23.4 Å². The molecule has 1 fully saturated rings. The normalized spacial score (nSPS) is 17.8. The molecule has 1 aliphatic heterocycles. The number of carbonyl (C=O) groups excluding carboxylic acids is 2. The van der Waals surface area contributed by atoms with E-state index >= 15 is 0 Å². The maximum Gasteiger partial charge on any atom is 0.226 e. The van der Waals surface area contributed by atoms with Crippen molar-refractivity contribution in [3.8, 4) is 0 Å². The van der Waals surface area contributed by atoms with E-state index in [-0.39, 0.29) is 24.2 Å². The Morgan fingerprint density at radius 3 is 2.77 bits per heavy atom. The summed E-state index contributed by atoms with van der Waals surface area (Å²) in [6.45, 7) is 2.11. The molecule has 1 aromatic carbocycles. The van der Waals surface area contributed by atoms with E-state index in [1.807, 2.05) is 24.3 Å². The Balaban J connectivity index is 1.57. The molecule has 1 N–H and O–H groups in total. The molecule has 1 unspecified atom stereocenters. The lowest BCUT2D eigenvalue weighted by atomic mass is 10.0. The van der Waals surface area contributed by atoms with Crippen LogP contribution in [0.2, 0.25) is 5.02 Å². The first kappa shape index (κ1) is 16.8. The summed E-state index contributed by atoms with van der Waals surface area (Å²) in [7, 11) is 1.77. The maximum atomic E-state index is 11.8. The highest BCUT2D eigenvalue weighted by Crippen LogP contribution is 2.19. The third-order valence-corrected chi connectivity index (χ3v) is 3.97. The number of halogens is 1. The summed E-state index contributed by atoms with van der Waals surface area (Å²) < 4.78 is 5.49. The molecule has 0 bridgehead atoms. The fourth-order valence-electron chi connectivity index (χ4n) is 2.41. The molecule has 0 spiro atoms. The van der Waals surface area contributed by atoms with Gasteiger partial charge in [0.25, 0.3) is 0 Å². The van der Waals surface area contributed by atoms with Gasteiger partial charge in [-0.2, -0.15) is 0 Å². The van der Waals surface area contributed by atoms with Gasteiger partial charge in [-0.3, -0.25) is 9.59 Å². The first-order valence-corrected chi connectivity index (χ1v) is 7.78. The summed E-state index contributed by atoms with van der Waals surface area (Å²) >= 11 is 5.80. The first-order chi connectivity index (χ1) is 10.6. The SMILES string of the molecule is CN1CCC(CC(=O)NCCOCc2ccc(Cl)cc2)C1=O. The van der Waals surface area contributed by atoms with Gasteiger partial charge in [-0.1, -0.05) is 23.7 Å². The predicted octanol–water partition coefficient (Wildman–Crippen LogP) is 1.84. The zero-order chi connectivity index (χ0) is 15.9. The van der Waals surface area contributed by atoms with Crippen molar-refractivity contribution in [2.24, 2.45) is 5.92 Å². The Labute approximate surface area is 135 Å². The second-order valence-corrected chi connectivity index (χ2v) is 5.91. The molecule has 0 aliphatic carbocycles. The van der Waals surface area contributed by atoms with Crippen LogP contribution in [0.3, 0.4) is 0 Å². The van der Waals surface area contributed by atoms with Crippen molar-refractivity contribution in [3.05, 3.63) is 34.9 Å². The molecule has 5 nitrogen and oxygen atoms in total. The van der Waals surface area contributed by atoms with Gasteiger partial charge >= 0.3 is 0 Å². The molecule has 1 atom stereocenters. The quantitative estimate of drug-likeness (QED) is 0.779. The second-order valence-electron chi connectivity index (χ2n) is 5.48. The zero-order valence-corrected chi connectivity index (χ0v) is 13.4. The van der Waals surface area contributed by atoms with Gasteiger partial charge in [0.2, 0.25) is 11.8 Å². The van der Waals surface area contributed by atoms with Crippen LogP contribution in [0.15, 0.2) is 24.3 Å². The lowest BCUT2D eigenvalue weighted by molar-refractivity contribution is -0.133. The van der Waals surface area contributed by atoms with Crippen molar-refractivity contribution in [3.63, 3.8) is 0 Å². The molecule has 1 saturated heterocycles. The highest BCUT2D eigenvalue weighted by Gasteiger charge is 2.30. The van der Waals surface area contributed by atoms with E-state index in [9.17, 15) is 9.59 Å². The predicted molar refractivity (Wildman–Crippen MR) is 84.5 cm³/mol. The standard InChI is InChI=1S/C16H21ClN2O3/c1-19-8-6-13(16(19)21)10-15(20)18-7-9-22-11-12-2-4-14(17)5-3-12/h2-5,13H,6-11H2,1H3,(H,18,20). The number of rotatable bonds is 7. The smallest absolute Gasteiger partial charge is 0.226 e. The van der Waals surface area contributed by atoms with Crippen LogP contribution in [-0.2, 0) is 20.9 Å². The summed E-state index contributed by atoms with van der Waals surface area (Å²) in [6.07, 6.45) is 1.02. The van der Waals surface area contributed by atoms with E-state index in [4.69, 9.17) is 16.3 Å². The Hall–Kier alpha value is -1.59. The van der Waals surface area contributed by atoms with Crippen LogP contribution in [0, 0.1) is 5.92 Å². The molecule has 22 heavy (non-hydrogen) atoms. The maximum absolute atomic E-state index is 11.8. The van der Waals surface area contributed by atoms with Crippen molar-refractivity contribution in [2.75, 3.05) is 26.7 Å². The van der Waals surface area contributed by atoms with Gasteiger partial charge in [-0.25, -0.2) is 0 Å². The third-order valence-electron chi connectivity index (χ3n) is 3.72. The van der Waals surface area contributed by atoms with E-state index in [1.165, 1.54) is 0 Å². The summed E-state index contributed by atoms with van der Waals surface area (Å²) in [5.74, 6) is -0.196. The lowest BCUT2D eigenvalue weighted by Crippen LogP contribution is -2.31. The topological polar surface area (TPSA) is 58.6 Å². The van der Waals surface area contributed by atoms with Crippen molar-refractivity contribution in [1.29, 1.82) is 0 Å². The Kier molecular flexibility index (Phi) is 6.21. The Bertz CT molecular complexity index is 519. The molecule has 1 aliphatic rings. The molecule has 1 aromatic rings. The minimum Gasteiger partial charge on any atom is -0.375 e. The monoisotopic (exact) mass is 324 g/mol. The van der Waals surface area contributed by atoms with Crippen LogP contribution < -0.4 is 5.32 Å². The van der Waals surface area contributed by atoms with E-state index in [0.717, 1.165) is 18.5 Å². The second kappa shape index (κ2) is 8.15. The van der Waals surface area contributed by atoms with Crippen molar-refractivity contribution in [2.45, 2.75) is 19.4 Å². The molecule has 0 saturated carbocycles. The van der Waals surface area contributed by atoms with E-state index in [1.54, 1.807) is 11.9 Å². The van der Waals surface area contributed by atoms with Crippen LogP contribution in [-0.4, -0.2) is 43.5 Å². The molecular weight excluding hydrogens is 304 g/mol. The number of nitrogens with zero attached hydrogens (tertiary/aromatic N) is 1. The van der Waals surface area contributed by atoms with Crippen LogP contribution >= 0.6 is 11.6 Å². The minimum absolute atomic E-state index is 0.0640. The lowest BCUT2D eigenvalue weighted by Gasteiger charge is -2.10. The average Bonchev–Trinajstić information content (AvgIpc) is 2.81. The molecule has 0 radical (unpaired) electrons. The number of likely N-dealkylation sites (tertiary alicyclic amines) is 1. The number of hydrogen-bond acceptors (Lipinski definition) is 3. The highest BCUT2D eigenvalue weighted by atomic mass is 35.5. The van der Waals surface area contributed by atoms with E-state index in [2.05, 4.69) is 5.32 Å². The minimum atomic E-state index is -0.167. The van der Waals surface area contributed by atoms with Gasteiger partial charge in [-0.15, -0.1) is 0 Å². The summed E-state index contributed by atoms with van der Waals surface area (Å²) in [5, 5.41) is 3.48. The molecule has 0 aromatic heterocycles. The number of amides is 2. The zero-order valence-electron chi connectivity index (χ0n) is 12.7. The summed E-state index contributed by atoms with van der Waals surface area (Å²) in [6, 6.07) is 7.45. The van der Waals surface area contributed by atoms with Gasteiger partial charge in [-0.05, 0) is 24.1 Å². The molecule has 120 valence electrons. The van der Waals surface area contributed by atoms with E-state index in [0.29, 0.717) is 24.8 Å². The number of ether oxygens (including phenoxy) is 1. The average molecular weight is 325 g/mol. The van der Waals surface area contributed by atoms with Gasteiger partial charge in [0.1, 0.15) is 0 Å². The largest absolute Gasteiger partial charge is 0.375 e. The van der Waals surface area contributed by atoms with Crippen LogP contribution in [0.1, 0.15) is 18.4 Å². The first-order valence-electron chi connectivity index (χ1n) is 7.40. The van der Waals surface area contributed by atoms with E-state index < -0.39 is 0 Å². The van der Waals surface area contributed by atoms with Crippen molar-refractivity contribution < 1.29 is 14.3 Å². The molecule has 2 rings (SSSR count). The van der Waals surface area contributed by atoms with Crippen molar-refractivity contribution in [1.82, 2.24) is 10.2 Å². The highest BCUT2D eigenvalue weighted by molar-refractivity contribution is 6.30. The van der Waals surface area contributed by atoms with Crippen LogP contribution in [0.5, 0.6) is 0 Å². The third kappa shape index (κ3) is 5.00. The van der Waals surface area contributed by atoms with Gasteiger partial charge < -0.3 is 15.0 Å². The Morgan fingerprint density at radius 2 is 2.14 bits per heavy atom. The molecule has 2 amide bonds. The fourth-order valence-corrected chi connectivity index (χ4v) is 2.54. The number of carbonyl (C=O) groups is 2. The Morgan fingerprint density at radius 1 is 1.41 bits per heavy atom. The molecular formula is C16H21ClN2O3. The molecule has 1 heterocycles. The molecule has 6 heteroatoms. The van der Waals surface area contributed by atoms with Crippen LogP contribution in [0.25, 0.3) is 0 Å². The van der Waals surface area contributed by atoms with Gasteiger partial charge in [0.05, 0.1) is 13.2 Å². The number of hydrogen-bond donors (Lipinski definition) is 1. The summed E-state index contributed by atoms with van der Waals surface area (Å²) in [5.41, 5.74) is 1.04. The van der Waals surface area contributed by atoms with Gasteiger partial charge in [0.15, 0.2) is 0 Å². The fraction of sp³-hybridized carbons (Fsp3) is 0.500. The van der Waals surface area contributed by atoms with Gasteiger partial charge in [0, 0.05) is 37.5 Å².